The monoisotopic (exact) mass is 358 g/mol. The second-order valence-electron chi connectivity index (χ2n) is 4.20. The van der Waals surface area contributed by atoms with Crippen LogP contribution in [0.4, 0.5) is 5.13 Å². The van der Waals surface area contributed by atoms with E-state index in [9.17, 15) is 13.2 Å². The first-order chi connectivity index (χ1) is 10.4. The van der Waals surface area contributed by atoms with Crippen molar-refractivity contribution < 1.29 is 13.2 Å². The van der Waals surface area contributed by atoms with Crippen LogP contribution in [-0.2, 0) is 14.8 Å². The summed E-state index contributed by atoms with van der Waals surface area (Å²) in [5.41, 5.74) is 0. The summed E-state index contributed by atoms with van der Waals surface area (Å²) in [5.74, 6) is -0.467. The van der Waals surface area contributed by atoms with E-state index < -0.39 is 15.9 Å². The zero-order chi connectivity index (χ0) is 16.2. The van der Waals surface area contributed by atoms with Gasteiger partial charge in [0.2, 0.25) is 21.1 Å². The van der Waals surface area contributed by atoms with E-state index in [-0.39, 0.29) is 11.4 Å². The van der Waals surface area contributed by atoms with Gasteiger partial charge in [-0.3, -0.25) is 10.1 Å². The molecule has 0 saturated carbocycles. The Labute approximate surface area is 136 Å². The Balaban J connectivity index is 2.02. The van der Waals surface area contributed by atoms with Gasteiger partial charge >= 0.3 is 0 Å². The molecule has 118 valence electrons. The molecular formula is C12H14N4O3S3. The van der Waals surface area contributed by atoms with E-state index in [0.717, 1.165) is 8.64 Å². The first kappa shape index (κ1) is 16.9. The van der Waals surface area contributed by atoms with Crippen LogP contribution in [0.1, 0.15) is 0 Å². The van der Waals surface area contributed by atoms with Crippen molar-refractivity contribution in [2.45, 2.75) is 9.24 Å². The molecular weight excluding hydrogens is 344 g/mol. The highest BCUT2D eigenvalue weighted by Crippen LogP contribution is 2.23. The van der Waals surface area contributed by atoms with Crippen molar-refractivity contribution >= 4 is 44.2 Å². The number of hydrogen-bond acceptors (Lipinski definition) is 7. The summed E-state index contributed by atoms with van der Waals surface area (Å²) in [6, 6.07) is 7.96. The molecule has 7 nitrogen and oxygen atoms in total. The minimum Gasteiger partial charge on any atom is -0.299 e. The van der Waals surface area contributed by atoms with Crippen molar-refractivity contribution in [3.8, 4) is 0 Å². The van der Waals surface area contributed by atoms with E-state index in [1.165, 1.54) is 42.3 Å². The van der Waals surface area contributed by atoms with Crippen molar-refractivity contribution in [1.82, 2.24) is 14.5 Å². The quantitative estimate of drug-likeness (QED) is 0.622. The first-order valence-corrected chi connectivity index (χ1v) is 9.60. The van der Waals surface area contributed by atoms with Gasteiger partial charge in [-0.25, -0.2) is 8.42 Å². The molecule has 0 saturated heterocycles. The molecule has 0 bridgehead atoms. The number of nitrogens with zero attached hydrogens (tertiary/aromatic N) is 3. The van der Waals surface area contributed by atoms with Gasteiger partial charge in [0.1, 0.15) is 0 Å². The smallest absolute Gasteiger partial charge is 0.243 e. The lowest BCUT2D eigenvalue weighted by molar-refractivity contribution is -0.116. The Morgan fingerprint density at radius 1 is 1.32 bits per heavy atom. The molecule has 22 heavy (non-hydrogen) atoms. The average Bonchev–Trinajstić information content (AvgIpc) is 2.95. The summed E-state index contributed by atoms with van der Waals surface area (Å²) < 4.78 is 26.3. The minimum atomic E-state index is -3.69. The highest BCUT2D eigenvalue weighted by molar-refractivity contribution is 8.00. The lowest BCUT2D eigenvalue weighted by Gasteiger charge is -2.16. The van der Waals surface area contributed by atoms with Crippen LogP contribution in [0.15, 0.2) is 39.6 Å². The van der Waals surface area contributed by atoms with E-state index in [4.69, 9.17) is 0 Å². The molecule has 2 aromatic rings. The molecule has 0 unspecified atom stereocenters. The highest BCUT2D eigenvalue weighted by atomic mass is 32.2. The molecule has 10 heteroatoms. The predicted molar refractivity (Wildman–Crippen MR) is 86.6 cm³/mol. The maximum absolute atomic E-state index is 12.3. The molecule has 1 aromatic heterocycles. The summed E-state index contributed by atoms with van der Waals surface area (Å²) >= 11 is 2.65. The van der Waals surface area contributed by atoms with Gasteiger partial charge in [0.05, 0.1) is 11.4 Å². The summed E-state index contributed by atoms with van der Waals surface area (Å²) in [4.78, 5) is 12.1. The van der Waals surface area contributed by atoms with Gasteiger partial charge < -0.3 is 0 Å². The molecule has 1 heterocycles. The van der Waals surface area contributed by atoms with E-state index >= 15 is 0 Å². The van der Waals surface area contributed by atoms with Crippen LogP contribution in [0.2, 0.25) is 0 Å². The Hall–Kier alpha value is -1.49. The number of aromatic nitrogens is 2. The maximum atomic E-state index is 12.3. The molecule has 1 aromatic carbocycles. The van der Waals surface area contributed by atoms with Crippen LogP contribution in [-0.4, -0.2) is 48.7 Å². The van der Waals surface area contributed by atoms with Gasteiger partial charge in [-0.2, -0.15) is 4.31 Å². The number of anilines is 1. The van der Waals surface area contributed by atoms with E-state index in [1.54, 1.807) is 18.2 Å². The molecule has 1 amide bonds. The van der Waals surface area contributed by atoms with Crippen LogP contribution < -0.4 is 5.32 Å². The molecule has 0 radical (unpaired) electrons. The lowest BCUT2D eigenvalue weighted by atomic mass is 10.4. The number of likely N-dealkylation sites (N-methyl/N-ethyl adjacent to an activating group) is 1. The first-order valence-electron chi connectivity index (χ1n) is 6.12. The molecule has 0 aliphatic heterocycles. The zero-order valence-corrected chi connectivity index (χ0v) is 14.3. The minimum absolute atomic E-state index is 0.144. The summed E-state index contributed by atoms with van der Waals surface area (Å²) in [7, 11) is -2.33. The standard InChI is InChI=1S/C12H14N4O3S3/c1-16(22(18,19)9-6-4-3-5-7-9)8-10(17)13-11-14-15-12(20-2)21-11/h3-7H,8H2,1-2H3,(H,13,14,17). The third-order valence-corrected chi connectivity index (χ3v) is 6.28. The van der Waals surface area contributed by atoms with Crippen molar-refractivity contribution in [1.29, 1.82) is 0 Å². The second kappa shape index (κ2) is 7.18. The largest absolute Gasteiger partial charge is 0.299 e. The maximum Gasteiger partial charge on any atom is 0.243 e. The van der Waals surface area contributed by atoms with Crippen LogP contribution >= 0.6 is 23.1 Å². The number of carbonyl (C=O) groups is 1. The van der Waals surface area contributed by atoms with Gasteiger partial charge in [0.15, 0.2) is 4.34 Å². The number of amides is 1. The van der Waals surface area contributed by atoms with E-state index in [2.05, 4.69) is 15.5 Å². The van der Waals surface area contributed by atoms with Crippen LogP contribution in [0.3, 0.4) is 0 Å². The SMILES string of the molecule is CSc1nnc(NC(=O)CN(C)S(=O)(=O)c2ccccc2)s1. The topological polar surface area (TPSA) is 92.3 Å². The fourth-order valence-electron chi connectivity index (χ4n) is 1.56. The van der Waals surface area contributed by atoms with Crippen LogP contribution in [0.25, 0.3) is 0 Å². The lowest BCUT2D eigenvalue weighted by Crippen LogP contribution is -2.34. The van der Waals surface area contributed by atoms with E-state index in [0.29, 0.717) is 5.13 Å². The number of thioether (sulfide) groups is 1. The van der Waals surface area contributed by atoms with Gasteiger partial charge in [-0.15, -0.1) is 10.2 Å². The molecule has 1 N–H and O–H groups in total. The number of nitrogens with one attached hydrogen (secondary N) is 1. The molecule has 0 atom stereocenters. The summed E-state index contributed by atoms with van der Waals surface area (Å²) in [6.07, 6.45) is 1.85. The number of carbonyl (C=O) groups excluding carboxylic acids is 1. The fraction of sp³-hybridized carbons (Fsp3) is 0.250. The van der Waals surface area contributed by atoms with Crippen molar-refractivity contribution in [2.24, 2.45) is 0 Å². The summed E-state index contributed by atoms with van der Waals surface area (Å²) in [6.45, 7) is -0.300. The van der Waals surface area contributed by atoms with Crippen LogP contribution in [0, 0.1) is 0 Å². The van der Waals surface area contributed by atoms with Gasteiger partial charge in [-0.1, -0.05) is 41.3 Å². The average molecular weight is 358 g/mol. The third kappa shape index (κ3) is 4.03. The molecule has 0 aliphatic rings. The number of benzene rings is 1. The van der Waals surface area contributed by atoms with E-state index in [1.807, 2.05) is 6.26 Å². The highest BCUT2D eigenvalue weighted by Gasteiger charge is 2.23. The molecule has 0 fully saturated rings. The number of hydrogen-bond donors (Lipinski definition) is 1. The third-order valence-electron chi connectivity index (χ3n) is 2.65. The normalized spacial score (nSPS) is 11.6. The fourth-order valence-corrected chi connectivity index (χ4v) is 3.90. The van der Waals surface area contributed by atoms with Crippen molar-refractivity contribution in [3.05, 3.63) is 30.3 Å². The van der Waals surface area contributed by atoms with Gasteiger partial charge in [-0.05, 0) is 18.4 Å². The molecule has 2 rings (SSSR count). The predicted octanol–water partition coefficient (Wildman–Crippen LogP) is 1.52. The zero-order valence-electron chi connectivity index (χ0n) is 11.9. The van der Waals surface area contributed by atoms with Crippen LogP contribution in [0.5, 0.6) is 0 Å². The second-order valence-corrected chi connectivity index (χ2v) is 8.28. The molecule has 0 aliphatic carbocycles. The Kier molecular flexibility index (Phi) is 5.51. The molecule has 0 spiro atoms. The van der Waals surface area contributed by atoms with Crippen molar-refractivity contribution in [2.75, 3.05) is 25.2 Å². The Morgan fingerprint density at radius 3 is 2.59 bits per heavy atom. The van der Waals surface area contributed by atoms with Gasteiger partial charge in [0, 0.05) is 7.05 Å². The Bertz CT molecular complexity index is 746. The number of sulfonamides is 1. The van der Waals surface area contributed by atoms with Gasteiger partial charge in [0.25, 0.3) is 0 Å². The summed E-state index contributed by atoms with van der Waals surface area (Å²) in [5, 5.41) is 10.5. The number of rotatable bonds is 6. The van der Waals surface area contributed by atoms with Crippen molar-refractivity contribution in [3.63, 3.8) is 0 Å². The Morgan fingerprint density at radius 2 is 2.00 bits per heavy atom.